The number of carboxylic acid groups (broad SMARTS) is 1. The average Bonchev–Trinajstić information content (AvgIpc) is 3.23. The molecule has 0 aliphatic heterocycles. The lowest BCUT2D eigenvalue weighted by Gasteiger charge is -2.25. The molecule has 2 rings (SSSR count). The molecular weight excluding hydrogens is 292 g/mol. The number of hydrogen-bond donors (Lipinski definition) is 3. The van der Waals surface area contributed by atoms with Crippen molar-refractivity contribution in [2.45, 2.75) is 32.2 Å². The first-order chi connectivity index (χ1) is 9.79. The van der Waals surface area contributed by atoms with E-state index in [2.05, 4.69) is 24.5 Å². The van der Waals surface area contributed by atoms with Crippen molar-refractivity contribution in [2.24, 2.45) is 5.92 Å². The van der Waals surface area contributed by atoms with Crippen molar-refractivity contribution in [3.05, 3.63) is 28.8 Å². The number of carbonyl (C=O) groups excluding carboxylic acids is 1. The highest BCUT2D eigenvalue weighted by Crippen LogP contribution is 2.39. The summed E-state index contributed by atoms with van der Waals surface area (Å²) in [6.45, 7) is 4.32. The first kappa shape index (κ1) is 15.8. The van der Waals surface area contributed by atoms with Crippen LogP contribution in [0.3, 0.4) is 0 Å². The number of nitrogens with one attached hydrogen (secondary N) is 2. The number of anilines is 1. The van der Waals surface area contributed by atoms with Gasteiger partial charge in [0, 0.05) is 5.54 Å². The lowest BCUT2D eigenvalue weighted by atomic mass is 9.99. The van der Waals surface area contributed by atoms with Gasteiger partial charge in [0.15, 0.2) is 0 Å². The Morgan fingerprint density at radius 3 is 2.62 bits per heavy atom. The Morgan fingerprint density at radius 2 is 2.05 bits per heavy atom. The highest BCUT2D eigenvalue weighted by Gasteiger charge is 2.37. The minimum Gasteiger partial charge on any atom is -0.478 e. The minimum absolute atomic E-state index is 0.0654. The quantitative estimate of drug-likeness (QED) is 0.755. The zero-order valence-corrected chi connectivity index (χ0v) is 12.8. The highest BCUT2D eigenvalue weighted by molar-refractivity contribution is 6.33. The maximum absolute atomic E-state index is 12.0. The van der Waals surface area contributed by atoms with E-state index in [9.17, 15) is 9.59 Å². The average molecular weight is 311 g/mol. The summed E-state index contributed by atoms with van der Waals surface area (Å²) in [5.74, 6) is -0.687. The molecular formula is C15H19ClN2O3. The SMILES string of the molecule is CC(C)(NCC(=O)Nc1cc(C(=O)O)ccc1Cl)C1CC1. The van der Waals surface area contributed by atoms with Crippen LogP contribution in [-0.4, -0.2) is 29.1 Å². The monoisotopic (exact) mass is 310 g/mol. The number of hydrogen-bond acceptors (Lipinski definition) is 3. The van der Waals surface area contributed by atoms with Gasteiger partial charge < -0.3 is 15.7 Å². The summed E-state index contributed by atoms with van der Waals surface area (Å²) in [5, 5.41) is 15.1. The van der Waals surface area contributed by atoms with E-state index in [0.717, 1.165) is 0 Å². The predicted molar refractivity (Wildman–Crippen MR) is 81.8 cm³/mol. The molecule has 1 aromatic carbocycles. The van der Waals surface area contributed by atoms with Gasteiger partial charge in [0.2, 0.25) is 5.91 Å². The molecule has 0 aromatic heterocycles. The molecule has 1 amide bonds. The minimum atomic E-state index is -1.06. The second-order valence-electron chi connectivity index (χ2n) is 5.90. The summed E-state index contributed by atoms with van der Waals surface area (Å²) in [5.41, 5.74) is 0.331. The Hall–Kier alpha value is -1.59. The highest BCUT2D eigenvalue weighted by atomic mass is 35.5. The van der Waals surface area contributed by atoms with Crippen LogP contribution in [-0.2, 0) is 4.79 Å². The first-order valence-corrected chi connectivity index (χ1v) is 7.25. The van der Waals surface area contributed by atoms with E-state index in [0.29, 0.717) is 16.6 Å². The van der Waals surface area contributed by atoms with Gasteiger partial charge in [-0.05, 0) is 50.8 Å². The second-order valence-corrected chi connectivity index (χ2v) is 6.30. The molecule has 0 spiro atoms. The fraction of sp³-hybridized carbons (Fsp3) is 0.467. The Morgan fingerprint density at radius 1 is 1.38 bits per heavy atom. The van der Waals surface area contributed by atoms with Crippen LogP contribution in [0.5, 0.6) is 0 Å². The number of carbonyl (C=O) groups is 2. The van der Waals surface area contributed by atoms with Crippen molar-refractivity contribution in [3.8, 4) is 0 Å². The normalized spacial score (nSPS) is 14.8. The van der Waals surface area contributed by atoms with Crippen LogP contribution in [0.1, 0.15) is 37.0 Å². The van der Waals surface area contributed by atoms with Crippen LogP contribution in [0.2, 0.25) is 5.02 Å². The van der Waals surface area contributed by atoms with Gasteiger partial charge in [0.05, 0.1) is 22.8 Å². The van der Waals surface area contributed by atoms with Crippen molar-refractivity contribution < 1.29 is 14.7 Å². The van der Waals surface area contributed by atoms with Gasteiger partial charge in [-0.3, -0.25) is 4.79 Å². The third kappa shape index (κ3) is 4.19. The van der Waals surface area contributed by atoms with Crippen molar-refractivity contribution in [2.75, 3.05) is 11.9 Å². The maximum atomic E-state index is 12.0. The number of carboxylic acids is 1. The van der Waals surface area contributed by atoms with Crippen molar-refractivity contribution >= 4 is 29.2 Å². The Kier molecular flexibility index (Phi) is 4.54. The molecule has 0 saturated heterocycles. The topological polar surface area (TPSA) is 78.4 Å². The third-order valence-electron chi connectivity index (χ3n) is 3.79. The zero-order valence-electron chi connectivity index (χ0n) is 12.1. The third-order valence-corrected chi connectivity index (χ3v) is 4.12. The molecule has 0 unspecified atom stereocenters. The van der Waals surface area contributed by atoms with Crippen LogP contribution in [0.15, 0.2) is 18.2 Å². The van der Waals surface area contributed by atoms with Crippen molar-refractivity contribution in [1.29, 1.82) is 0 Å². The van der Waals surface area contributed by atoms with E-state index < -0.39 is 5.97 Å². The van der Waals surface area contributed by atoms with Gasteiger partial charge in [0.25, 0.3) is 0 Å². The molecule has 0 radical (unpaired) electrons. The van der Waals surface area contributed by atoms with E-state index >= 15 is 0 Å². The molecule has 6 heteroatoms. The van der Waals surface area contributed by atoms with Crippen molar-refractivity contribution in [1.82, 2.24) is 5.32 Å². The standard InChI is InChI=1S/C15H19ClN2O3/c1-15(2,10-4-5-10)17-8-13(19)18-12-7-9(14(20)21)3-6-11(12)16/h3,6-7,10,17H,4-5,8H2,1-2H3,(H,18,19)(H,20,21). The molecule has 1 aliphatic carbocycles. The molecule has 21 heavy (non-hydrogen) atoms. The fourth-order valence-electron chi connectivity index (χ4n) is 2.21. The van der Waals surface area contributed by atoms with E-state index in [4.69, 9.17) is 16.7 Å². The molecule has 114 valence electrons. The number of benzene rings is 1. The van der Waals surface area contributed by atoms with Gasteiger partial charge >= 0.3 is 5.97 Å². The molecule has 5 nitrogen and oxygen atoms in total. The van der Waals surface area contributed by atoms with E-state index in [1.165, 1.54) is 31.0 Å². The first-order valence-electron chi connectivity index (χ1n) is 6.87. The molecule has 3 N–H and O–H groups in total. The fourth-order valence-corrected chi connectivity index (χ4v) is 2.37. The number of aromatic carboxylic acids is 1. The van der Waals surface area contributed by atoms with Gasteiger partial charge in [0.1, 0.15) is 0 Å². The van der Waals surface area contributed by atoms with Gasteiger partial charge in [-0.15, -0.1) is 0 Å². The molecule has 0 heterocycles. The van der Waals surface area contributed by atoms with E-state index in [1.54, 1.807) is 0 Å². The molecule has 0 atom stereocenters. The van der Waals surface area contributed by atoms with Gasteiger partial charge in [-0.25, -0.2) is 4.79 Å². The van der Waals surface area contributed by atoms with Crippen LogP contribution in [0.25, 0.3) is 0 Å². The molecule has 1 aromatic rings. The van der Waals surface area contributed by atoms with E-state index in [1.807, 2.05) is 0 Å². The summed E-state index contributed by atoms with van der Waals surface area (Å²) in [6, 6.07) is 4.21. The van der Waals surface area contributed by atoms with Crippen LogP contribution in [0, 0.1) is 5.92 Å². The molecule has 1 saturated carbocycles. The predicted octanol–water partition coefficient (Wildman–Crippen LogP) is 2.75. The van der Waals surface area contributed by atoms with Crippen molar-refractivity contribution in [3.63, 3.8) is 0 Å². The van der Waals surface area contributed by atoms with Crippen LogP contribution in [0.4, 0.5) is 5.69 Å². The molecule has 0 bridgehead atoms. The summed E-state index contributed by atoms with van der Waals surface area (Å²) in [7, 11) is 0. The smallest absolute Gasteiger partial charge is 0.335 e. The second kappa shape index (κ2) is 6.03. The number of halogens is 1. The summed E-state index contributed by atoms with van der Waals surface area (Å²) in [6.07, 6.45) is 2.38. The van der Waals surface area contributed by atoms with Gasteiger partial charge in [-0.2, -0.15) is 0 Å². The Bertz CT molecular complexity index is 568. The lowest BCUT2D eigenvalue weighted by Crippen LogP contribution is -2.45. The van der Waals surface area contributed by atoms with Crippen LogP contribution >= 0.6 is 11.6 Å². The number of rotatable bonds is 6. The summed E-state index contributed by atoms with van der Waals surface area (Å²) in [4.78, 5) is 22.9. The zero-order chi connectivity index (χ0) is 15.6. The summed E-state index contributed by atoms with van der Waals surface area (Å²) >= 11 is 5.97. The lowest BCUT2D eigenvalue weighted by molar-refractivity contribution is -0.115. The Balaban J connectivity index is 1.96. The Labute approximate surface area is 128 Å². The van der Waals surface area contributed by atoms with E-state index in [-0.39, 0.29) is 23.6 Å². The van der Waals surface area contributed by atoms with Gasteiger partial charge in [-0.1, -0.05) is 11.6 Å². The summed E-state index contributed by atoms with van der Waals surface area (Å²) < 4.78 is 0. The molecule has 1 fully saturated rings. The molecule has 1 aliphatic rings. The van der Waals surface area contributed by atoms with Crippen LogP contribution < -0.4 is 10.6 Å². The number of amides is 1. The largest absolute Gasteiger partial charge is 0.478 e. The maximum Gasteiger partial charge on any atom is 0.335 e.